The number of pyridine rings is 1. The predicted octanol–water partition coefficient (Wildman–Crippen LogP) is 6.07. The third kappa shape index (κ3) is 5.53. The fourth-order valence-corrected chi connectivity index (χ4v) is 3.88. The highest BCUT2D eigenvalue weighted by Gasteiger charge is 2.44. The van der Waals surface area contributed by atoms with Gasteiger partial charge in [-0.05, 0) is 17.7 Å². The number of H-pyrrole nitrogens is 1. The van der Waals surface area contributed by atoms with Crippen molar-refractivity contribution in [3.05, 3.63) is 72.1 Å². The minimum atomic E-state index is -4.58. The van der Waals surface area contributed by atoms with Gasteiger partial charge < -0.3 is 19.2 Å². The van der Waals surface area contributed by atoms with E-state index in [0.717, 1.165) is 11.6 Å². The van der Waals surface area contributed by atoms with Crippen molar-refractivity contribution in [3.8, 4) is 17.2 Å². The minimum Gasteiger partial charge on any atom is -0.493 e. The van der Waals surface area contributed by atoms with Crippen molar-refractivity contribution in [2.75, 3.05) is 7.11 Å². The van der Waals surface area contributed by atoms with Crippen molar-refractivity contribution in [2.24, 2.45) is 0 Å². The summed E-state index contributed by atoms with van der Waals surface area (Å²) in [5.41, 5.74) is 2.44. The number of aromatic amines is 1. The molecule has 178 valence electrons. The summed E-state index contributed by atoms with van der Waals surface area (Å²) in [6.07, 6.45) is -6.92. The molecule has 0 aliphatic rings. The van der Waals surface area contributed by atoms with Crippen LogP contribution in [0.3, 0.4) is 0 Å². The minimum absolute atomic E-state index is 0.331. The molecule has 0 amide bonds. The molecule has 0 unspecified atom stereocenters. The zero-order valence-corrected chi connectivity index (χ0v) is 18.6. The third-order valence-electron chi connectivity index (χ3n) is 4.67. The molecule has 4 aromatic rings. The number of halogens is 4. The van der Waals surface area contributed by atoms with E-state index in [1.807, 2.05) is 30.3 Å². The average molecular weight is 493 g/mol. The van der Waals surface area contributed by atoms with Crippen LogP contribution in [-0.2, 0) is 12.4 Å². The van der Waals surface area contributed by atoms with Crippen LogP contribution in [0.2, 0.25) is 0 Å². The highest BCUT2D eigenvalue weighted by Crippen LogP contribution is 2.35. The molecule has 0 aliphatic carbocycles. The van der Waals surface area contributed by atoms with Crippen LogP contribution >= 0.6 is 11.8 Å². The molecule has 2 heterocycles. The quantitative estimate of drug-likeness (QED) is 0.214. The van der Waals surface area contributed by atoms with Crippen LogP contribution in [0.4, 0.5) is 17.6 Å². The van der Waals surface area contributed by atoms with Gasteiger partial charge in [-0.25, -0.2) is 4.98 Å². The van der Waals surface area contributed by atoms with Gasteiger partial charge in [0.05, 0.1) is 23.8 Å². The van der Waals surface area contributed by atoms with Crippen molar-refractivity contribution in [2.45, 2.75) is 30.1 Å². The summed E-state index contributed by atoms with van der Waals surface area (Å²) in [6.45, 7) is 0.331. The van der Waals surface area contributed by atoms with Crippen molar-refractivity contribution < 1.29 is 31.8 Å². The number of rotatable bonds is 10. The molecule has 0 atom stereocenters. The lowest BCUT2D eigenvalue weighted by Gasteiger charge is -2.16. The second-order valence-electron chi connectivity index (χ2n) is 7.04. The molecule has 2 aromatic heterocycles. The first-order valence-corrected chi connectivity index (χ1v) is 11.0. The normalized spacial score (nSPS) is 11.7. The van der Waals surface area contributed by atoms with Crippen LogP contribution in [0.25, 0.3) is 11.0 Å². The first kappa shape index (κ1) is 23.7. The predicted molar refractivity (Wildman–Crippen MR) is 119 cm³/mol. The van der Waals surface area contributed by atoms with Gasteiger partial charge >= 0.3 is 12.5 Å². The summed E-state index contributed by atoms with van der Waals surface area (Å²) in [7, 11) is 1.54. The van der Waals surface area contributed by atoms with E-state index in [1.54, 1.807) is 12.3 Å². The second-order valence-corrected chi connectivity index (χ2v) is 8.00. The van der Waals surface area contributed by atoms with E-state index in [0.29, 0.717) is 45.7 Å². The molecule has 0 spiro atoms. The molecule has 0 bridgehead atoms. The van der Waals surface area contributed by atoms with Gasteiger partial charge in [-0.3, -0.25) is 4.98 Å². The number of benzene rings is 2. The first-order valence-electron chi connectivity index (χ1n) is 10.0. The van der Waals surface area contributed by atoms with E-state index in [-0.39, 0.29) is 0 Å². The van der Waals surface area contributed by atoms with Gasteiger partial charge in [0.15, 0.2) is 16.7 Å². The number of aromatic nitrogens is 3. The maximum Gasteiger partial charge on any atom is 0.461 e. The van der Waals surface area contributed by atoms with Crippen molar-refractivity contribution >= 4 is 22.8 Å². The molecular weight excluding hydrogens is 474 g/mol. The maximum atomic E-state index is 13.2. The Morgan fingerprint density at radius 3 is 2.62 bits per heavy atom. The molecular formula is C23H19F4N3O3S. The fourth-order valence-electron chi connectivity index (χ4n) is 3.05. The van der Waals surface area contributed by atoms with Gasteiger partial charge in [0.1, 0.15) is 12.4 Å². The Kier molecular flexibility index (Phi) is 7.11. The Balaban J connectivity index is 1.49. The van der Waals surface area contributed by atoms with Gasteiger partial charge in [0.25, 0.3) is 0 Å². The zero-order valence-electron chi connectivity index (χ0n) is 17.8. The number of hydrogen-bond donors (Lipinski definition) is 1. The number of imidazole rings is 1. The number of nitrogens with one attached hydrogen (secondary N) is 1. The largest absolute Gasteiger partial charge is 0.493 e. The Hall–Kier alpha value is -3.47. The monoisotopic (exact) mass is 493 g/mol. The van der Waals surface area contributed by atoms with Crippen LogP contribution < -0.4 is 14.2 Å². The standard InChI is InChI=1S/C23H19F4N3O3S/c1-31-19-9-10-28-18(20(19)32-12-14-5-3-2-4-6-14)13-34-22-29-16-8-7-15(11-17(16)30-22)33-23(26,27)21(24)25/h2-11,21H,12-13H2,1H3,(H,29,30). The zero-order chi connectivity index (χ0) is 24.1. The number of methoxy groups -OCH3 is 1. The number of thioether (sulfide) groups is 1. The Bertz CT molecular complexity index is 1250. The summed E-state index contributed by atoms with van der Waals surface area (Å²) in [6, 6.07) is 15.1. The number of alkyl halides is 4. The van der Waals surface area contributed by atoms with E-state index in [1.165, 1.54) is 31.0 Å². The van der Waals surface area contributed by atoms with E-state index >= 15 is 0 Å². The lowest BCUT2D eigenvalue weighted by Crippen LogP contribution is -2.33. The molecule has 2 aromatic carbocycles. The molecule has 6 nitrogen and oxygen atoms in total. The van der Waals surface area contributed by atoms with Crippen molar-refractivity contribution in [1.82, 2.24) is 15.0 Å². The summed E-state index contributed by atoms with van der Waals surface area (Å²) in [5.74, 6) is 1.01. The Morgan fingerprint density at radius 2 is 1.88 bits per heavy atom. The van der Waals surface area contributed by atoms with E-state index in [4.69, 9.17) is 9.47 Å². The summed E-state index contributed by atoms with van der Waals surface area (Å²) in [4.78, 5) is 11.7. The lowest BCUT2D eigenvalue weighted by molar-refractivity contribution is -0.253. The number of ether oxygens (including phenoxy) is 3. The SMILES string of the molecule is COc1ccnc(CSc2nc3ccc(OC(F)(F)C(F)F)cc3[nH]2)c1OCc1ccccc1. The number of hydrogen-bond acceptors (Lipinski definition) is 6. The van der Waals surface area contributed by atoms with Gasteiger partial charge in [-0.1, -0.05) is 42.1 Å². The van der Waals surface area contributed by atoms with Crippen LogP contribution in [0.5, 0.6) is 17.2 Å². The van der Waals surface area contributed by atoms with E-state index < -0.39 is 18.3 Å². The van der Waals surface area contributed by atoms with Gasteiger partial charge in [-0.15, -0.1) is 0 Å². The van der Waals surface area contributed by atoms with Gasteiger partial charge in [0.2, 0.25) is 0 Å². The highest BCUT2D eigenvalue weighted by molar-refractivity contribution is 7.98. The van der Waals surface area contributed by atoms with Crippen LogP contribution in [0.15, 0.2) is 66.0 Å². The number of fused-ring (bicyclic) bond motifs is 1. The van der Waals surface area contributed by atoms with Gasteiger partial charge in [0, 0.05) is 24.1 Å². The van der Waals surface area contributed by atoms with E-state index in [9.17, 15) is 17.6 Å². The fraction of sp³-hybridized carbons (Fsp3) is 0.217. The molecule has 0 saturated carbocycles. The van der Waals surface area contributed by atoms with Crippen LogP contribution in [0.1, 0.15) is 11.3 Å². The summed E-state index contributed by atoms with van der Waals surface area (Å²) < 4.78 is 66.7. The molecule has 0 aliphatic heterocycles. The lowest BCUT2D eigenvalue weighted by atomic mass is 10.2. The summed E-state index contributed by atoms with van der Waals surface area (Å²) >= 11 is 1.30. The maximum absolute atomic E-state index is 13.2. The molecule has 1 N–H and O–H groups in total. The van der Waals surface area contributed by atoms with Crippen LogP contribution in [0, 0.1) is 0 Å². The smallest absolute Gasteiger partial charge is 0.461 e. The molecule has 0 saturated heterocycles. The number of nitrogens with zero attached hydrogens (tertiary/aromatic N) is 2. The third-order valence-corrected chi connectivity index (χ3v) is 5.56. The van der Waals surface area contributed by atoms with Crippen molar-refractivity contribution in [1.29, 1.82) is 0 Å². The molecule has 4 rings (SSSR count). The van der Waals surface area contributed by atoms with E-state index in [2.05, 4.69) is 19.7 Å². The van der Waals surface area contributed by atoms with Crippen LogP contribution in [-0.4, -0.2) is 34.6 Å². The Morgan fingerprint density at radius 1 is 1.09 bits per heavy atom. The second kappa shape index (κ2) is 10.2. The molecule has 34 heavy (non-hydrogen) atoms. The average Bonchev–Trinajstić information content (AvgIpc) is 3.24. The summed E-state index contributed by atoms with van der Waals surface area (Å²) in [5, 5.41) is 0.478. The molecule has 0 radical (unpaired) electrons. The Labute approximate surface area is 196 Å². The topological polar surface area (TPSA) is 69.3 Å². The van der Waals surface area contributed by atoms with Crippen molar-refractivity contribution in [3.63, 3.8) is 0 Å². The highest BCUT2D eigenvalue weighted by atomic mass is 32.2. The van der Waals surface area contributed by atoms with Gasteiger partial charge in [-0.2, -0.15) is 17.6 Å². The molecule has 0 fully saturated rings. The first-order chi connectivity index (χ1) is 16.4. The molecule has 11 heteroatoms.